The fourth-order valence-electron chi connectivity index (χ4n) is 1.24. The summed E-state index contributed by atoms with van der Waals surface area (Å²) in [6.45, 7) is 2.05. The van der Waals surface area contributed by atoms with Crippen LogP contribution < -0.4 is 5.32 Å². The molecule has 19 heavy (non-hydrogen) atoms. The van der Waals surface area contributed by atoms with Crippen molar-refractivity contribution >= 4 is 18.0 Å². The van der Waals surface area contributed by atoms with Crippen molar-refractivity contribution in [3.05, 3.63) is 0 Å². The molecule has 0 saturated heterocycles. The topological polar surface area (TPSA) is 105 Å². The average molecular weight is 276 g/mol. The minimum Gasteiger partial charge on any atom is -0.480 e. The Morgan fingerprint density at radius 2 is 2.00 bits per heavy atom. The van der Waals surface area contributed by atoms with E-state index in [9.17, 15) is 14.4 Å². The fourth-order valence-corrected chi connectivity index (χ4v) is 1.24. The van der Waals surface area contributed by atoms with Crippen LogP contribution in [0, 0.1) is 0 Å². The molecule has 0 spiro atoms. The Morgan fingerprint density at radius 1 is 1.32 bits per heavy atom. The van der Waals surface area contributed by atoms with Crippen molar-refractivity contribution in [1.29, 1.82) is 0 Å². The summed E-state index contributed by atoms with van der Waals surface area (Å²) in [7, 11) is 1.25. The van der Waals surface area contributed by atoms with E-state index in [-0.39, 0.29) is 19.7 Å². The van der Waals surface area contributed by atoms with Crippen LogP contribution in [0.1, 0.15) is 13.3 Å². The van der Waals surface area contributed by atoms with Crippen molar-refractivity contribution in [1.82, 2.24) is 10.2 Å². The maximum atomic E-state index is 11.7. The van der Waals surface area contributed by atoms with E-state index in [1.165, 1.54) is 12.0 Å². The smallest absolute Gasteiger partial charge is 0.329 e. The van der Waals surface area contributed by atoms with Crippen molar-refractivity contribution in [3.8, 4) is 0 Å². The van der Waals surface area contributed by atoms with Gasteiger partial charge in [0.25, 0.3) is 0 Å². The summed E-state index contributed by atoms with van der Waals surface area (Å²) in [4.78, 5) is 34.3. The molecule has 0 aliphatic heterocycles. The summed E-state index contributed by atoms with van der Waals surface area (Å²) in [6, 6.07) is -0.411. The van der Waals surface area contributed by atoms with Gasteiger partial charge in [-0.3, -0.25) is 4.79 Å². The van der Waals surface area contributed by atoms with Crippen LogP contribution >= 0.6 is 0 Å². The van der Waals surface area contributed by atoms with Gasteiger partial charge in [-0.05, 0) is 6.42 Å². The zero-order valence-corrected chi connectivity index (χ0v) is 11.2. The largest absolute Gasteiger partial charge is 0.480 e. The van der Waals surface area contributed by atoms with Crippen molar-refractivity contribution in [2.75, 3.05) is 40.0 Å². The van der Waals surface area contributed by atoms with Gasteiger partial charge in [-0.2, -0.15) is 0 Å². The van der Waals surface area contributed by atoms with Gasteiger partial charge in [0.2, 0.25) is 0 Å². The minimum atomic E-state index is -1.07. The third-order valence-electron chi connectivity index (χ3n) is 2.08. The first kappa shape index (κ1) is 17.2. The number of hydrogen-bond donors (Lipinski definition) is 2. The predicted molar refractivity (Wildman–Crippen MR) is 65.7 cm³/mol. The molecule has 8 heteroatoms. The van der Waals surface area contributed by atoms with Gasteiger partial charge in [-0.1, -0.05) is 6.92 Å². The number of urea groups is 1. The second-order valence-corrected chi connectivity index (χ2v) is 3.68. The molecule has 0 heterocycles. The maximum Gasteiger partial charge on any atom is 0.329 e. The van der Waals surface area contributed by atoms with Crippen LogP contribution in [0.15, 0.2) is 0 Å². The molecule has 0 rings (SSSR count). The summed E-state index contributed by atoms with van der Waals surface area (Å²) in [5.74, 6) is -1.56. The average Bonchev–Trinajstić information content (AvgIpc) is 2.37. The molecule has 0 bridgehead atoms. The second kappa shape index (κ2) is 10.1. The quantitative estimate of drug-likeness (QED) is 0.442. The number of carbonyl (C=O) groups excluding carboxylic acids is 2. The van der Waals surface area contributed by atoms with E-state index in [0.717, 1.165) is 0 Å². The summed E-state index contributed by atoms with van der Waals surface area (Å²) in [5.41, 5.74) is 0. The molecule has 0 aromatic rings. The number of carboxylic acid groups (broad SMARTS) is 1. The Labute approximate surface area is 111 Å². The minimum absolute atomic E-state index is 0.0935. The number of methoxy groups -OCH3 is 1. The highest BCUT2D eigenvalue weighted by molar-refractivity contribution is 5.80. The number of rotatable bonds is 9. The molecular formula is C11H20N2O6. The molecule has 110 valence electrons. The maximum absolute atomic E-state index is 11.7. The molecule has 0 saturated carbocycles. The van der Waals surface area contributed by atoms with Gasteiger partial charge < -0.3 is 24.8 Å². The predicted octanol–water partition coefficient (Wildman–Crippen LogP) is -0.318. The molecule has 0 aliphatic carbocycles. The van der Waals surface area contributed by atoms with Gasteiger partial charge in [-0.25, -0.2) is 9.59 Å². The number of carbonyl (C=O) groups is 3. The molecule has 0 aromatic carbocycles. The monoisotopic (exact) mass is 276 g/mol. The van der Waals surface area contributed by atoms with Crippen molar-refractivity contribution in [2.45, 2.75) is 13.3 Å². The molecule has 2 amide bonds. The van der Waals surface area contributed by atoms with Gasteiger partial charge in [0.15, 0.2) is 0 Å². The number of aliphatic carboxylic acids is 1. The summed E-state index contributed by atoms with van der Waals surface area (Å²) in [6.07, 6.45) is 0.708. The first-order valence-corrected chi connectivity index (χ1v) is 5.90. The fraction of sp³-hybridized carbons (Fsp3) is 0.727. The third kappa shape index (κ3) is 8.83. The van der Waals surface area contributed by atoms with Crippen LogP contribution in [-0.4, -0.2) is 67.9 Å². The lowest BCUT2D eigenvalue weighted by Gasteiger charge is -2.21. The number of nitrogens with one attached hydrogen (secondary N) is 1. The molecule has 0 aliphatic rings. The van der Waals surface area contributed by atoms with E-state index in [0.29, 0.717) is 13.0 Å². The van der Waals surface area contributed by atoms with Crippen molar-refractivity contribution in [2.24, 2.45) is 0 Å². The third-order valence-corrected chi connectivity index (χ3v) is 2.08. The molecule has 2 N–H and O–H groups in total. The number of ether oxygens (including phenoxy) is 2. The molecule has 8 nitrogen and oxygen atoms in total. The highest BCUT2D eigenvalue weighted by atomic mass is 16.5. The summed E-state index contributed by atoms with van der Waals surface area (Å²) in [5, 5.41) is 10.9. The van der Waals surface area contributed by atoms with Crippen LogP contribution in [0.2, 0.25) is 0 Å². The van der Waals surface area contributed by atoms with E-state index in [1.54, 1.807) is 0 Å². The van der Waals surface area contributed by atoms with Gasteiger partial charge in [0.1, 0.15) is 13.2 Å². The highest BCUT2D eigenvalue weighted by Gasteiger charge is 2.16. The molecule has 0 fully saturated rings. The van der Waals surface area contributed by atoms with E-state index < -0.39 is 24.6 Å². The molecule has 0 radical (unpaired) electrons. The van der Waals surface area contributed by atoms with Crippen LogP contribution in [0.3, 0.4) is 0 Å². The lowest BCUT2D eigenvalue weighted by atomic mass is 10.4. The van der Waals surface area contributed by atoms with E-state index in [4.69, 9.17) is 9.84 Å². The van der Waals surface area contributed by atoms with Crippen LogP contribution in [-0.2, 0) is 19.1 Å². The van der Waals surface area contributed by atoms with Crippen LogP contribution in [0.25, 0.3) is 0 Å². The van der Waals surface area contributed by atoms with Crippen molar-refractivity contribution < 1.29 is 29.0 Å². The standard InChI is InChI=1S/C11H20N2O6/c1-3-5-13(7-10(16)18-2)11(17)12-4-6-19-8-9(14)15/h3-8H2,1-2H3,(H,12,17)(H,14,15). The zero-order valence-electron chi connectivity index (χ0n) is 11.2. The summed E-state index contributed by atoms with van der Waals surface area (Å²) >= 11 is 0. The molecule has 0 unspecified atom stereocenters. The number of carboxylic acids is 1. The Morgan fingerprint density at radius 3 is 2.53 bits per heavy atom. The second-order valence-electron chi connectivity index (χ2n) is 3.68. The lowest BCUT2D eigenvalue weighted by molar-refractivity contribution is -0.142. The molecular weight excluding hydrogens is 256 g/mol. The Hall–Kier alpha value is -1.83. The number of amides is 2. The number of nitrogens with zero attached hydrogens (tertiary/aromatic N) is 1. The number of esters is 1. The summed E-state index contributed by atoms with van der Waals surface area (Å²) < 4.78 is 9.26. The Kier molecular flexibility index (Phi) is 9.15. The Balaban J connectivity index is 3.97. The number of hydrogen-bond acceptors (Lipinski definition) is 5. The first-order valence-electron chi connectivity index (χ1n) is 5.90. The first-order chi connectivity index (χ1) is 9.01. The van der Waals surface area contributed by atoms with E-state index in [1.807, 2.05) is 6.92 Å². The molecule has 0 atom stereocenters. The van der Waals surface area contributed by atoms with Crippen LogP contribution in [0.4, 0.5) is 4.79 Å². The normalized spacial score (nSPS) is 9.79. The van der Waals surface area contributed by atoms with Gasteiger partial charge in [-0.15, -0.1) is 0 Å². The van der Waals surface area contributed by atoms with Gasteiger partial charge in [0.05, 0.1) is 13.7 Å². The van der Waals surface area contributed by atoms with Crippen LogP contribution in [0.5, 0.6) is 0 Å². The Bertz CT molecular complexity index is 308. The van der Waals surface area contributed by atoms with Crippen molar-refractivity contribution in [3.63, 3.8) is 0 Å². The van der Waals surface area contributed by atoms with Gasteiger partial charge >= 0.3 is 18.0 Å². The lowest BCUT2D eigenvalue weighted by Crippen LogP contribution is -2.44. The molecule has 0 aromatic heterocycles. The van der Waals surface area contributed by atoms with E-state index in [2.05, 4.69) is 10.1 Å². The SMILES string of the molecule is CCCN(CC(=O)OC)C(=O)NCCOCC(=O)O. The van der Waals surface area contributed by atoms with E-state index >= 15 is 0 Å². The highest BCUT2D eigenvalue weighted by Crippen LogP contribution is 1.94. The van der Waals surface area contributed by atoms with Gasteiger partial charge in [0, 0.05) is 13.1 Å². The zero-order chi connectivity index (χ0) is 14.7.